The van der Waals surface area contributed by atoms with E-state index in [1.807, 2.05) is 23.1 Å². The maximum atomic E-state index is 13.0. The van der Waals surface area contributed by atoms with Gasteiger partial charge in [-0.25, -0.2) is 0 Å². The zero-order valence-electron chi connectivity index (χ0n) is 16.1. The second-order valence-electron chi connectivity index (χ2n) is 7.73. The number of benzene rings is 1. The van der Waals surface area contributed by atoms with Gasteiger partial charge in [0.05, 0.1) is 19.0 Å². The lowest BCUT2D eigenvalue weighted by Gasteiger charge is -2.37. The van der Waals surface area contributed by atoms with E-state index < -0.39 is 0 Å². The third-order valence-corrected chi connectivity index (χ3v) is 5.77. The van der Waals surface area contributed by atoms with Crippen molar-refractivity contribution in [1.29, 1.82) is 0 Å². The molecule has 1 aliphatic heterocycles. The Labute approximate surface area is 165 Å². The van der Waals surface area contributed by atoms with E-state index in [2.05, 4.69) is 4.90 Å². The second kappa shape index (κ2) is 8.80. The third kappa shape index (κ3) is 4.39. The third-order valence-electron chi connectivity index (χ3n) is 5.77. The molecule has 2 aromatic rings. The molecule has 0 unspecified atom stereocenters. The van der Waals surface area contributed by atoms with Gasteiger partial charge >= 0.3 is 0 Å². The Balaban J connectivity index is 1.42. The topological polar surface area (TPSA) is 66.2 Å². The summed E-state index contributed by atoms with van der Waals surface area (Å²) in [5.41, 5.74) is 0.919. The van der Waals surface area contributed by atoms with Crippen LogP contribution in [-0.2, 0) is 11.3 Å². The van der Waals surface area contributed by atoms with Crippen LogP contribution in [0.3, 0.4) is 0 Å². The van der Waals surface area contributed by atoms with Gasteiger partial charge in [-0.1, -0.05) is 31.0 Å². The van der Waals surface area contributed by atoms with Crippen molar-refractivity contribution in [2.24, 2.45) is 0 Å². The number of rotatable bonds is 6. The number of phenolic OH excluding ortho intramolecular Hbond substituents is 1. The first kappa shape index (κ1) is 19.0. The fourth-order valence-corrected chi connectivity index (χ4v) is 4.29. The van der Waals surface area contributed by atoms with Crippen molar-refractivity contribution in [1.82, 2.24) is 9.80 Å². The molecule has 150 valence electrons. The number of amides is 1. The maximum absolute atomic E-state index is 13.0. The first-order valence-electron chi connectivity index (χ1n) is 10.2. The summed E-state index contributed by atoms with van der Waals surface area (Å²) in [5.74, 6) is 0.679. The van der Waals surface area contributed by atoms with Crippen molar-refractivity contribution in [2.45, 2.75) is 44.4 Å². The van der Waals surface area contributed by atoms with Gasteiger partial charge in [-0.3, -0.25) is 9.69 Å². The van der Waals surface area contributed by atoms with Crippen LogP contribution < -0.4 is 0 Å². The van der Waals surface area contributed by atoms with Crippen LogP contribution in [-0.4, -0.2) is 59.2 Å². The monoisotopic (exact) mass is 384 g/mol. The molecule has 2 fully saturated rings. The van der Waals surface area contributed by atoms with E-state index >= 15 is 0 Å². The van der Waals surface area contributed by atoms with Crippen molar-refractivity contribution in [3.8, 4) is 5.75 Å². The molecule has 1 atom stereocenters. The van der Waals surface area contributed by atoms with E-state index in [1.165, 1.54) is 0 Å². The van der Waals surface area contributed by atoms with E-state index in [4.69, 9.17) is 9.15 Å². The number of para-hydroxylation sites is 1. The molecule has 1 aromatic heterocycles. The summed E-state index contributed by atoms with van der Waals surface area (Å²) in [6, 6.07) is 11.2. The predicted octanol–water partition coefficient (Wildman–Crippen LogP) is 3.27. The lowest BCUT2D eigenvalue weighted by atomic mass is 10.1. The molecule has 1 N–H and O–H groups in total. The van der Waals surface area contributed by atoms with Gasteiger partial charge in [-0.2, -0.15) is 0 Å². The Morgan fingerprint density at radius 1 is 1.18 bits per heavy atom. The number of ether oxygens (including phenoxy) is 1. The van der Waals surface area contributed by atoms with Gasteiger partial charge in [0.25, 0.3) is 5.91 Å². The summed E-state index contributed by atoms with van der Waals surface area (Å²) < 4.78 is 11.4. The number of hydrogen-bond acceptors (Lipinski definition) is 5. The van der Waals surface area contributed by atoms with Gasteiger partial charge in [-0.05, 0) is 31.0 Å². The number of morpholine rings is 1. The molecule has 0 bridgehead atoms. The van der Waals surface area contributed by atoms with Crippen LogP contribution in [0.15, 0.2) is 47.1 Å². The number of hydrogen-bond donors (Lipinski definition) is 1. The van der Waals surface area contributed by atoms with E-state index in [9.17, 15) is 9.90 Å². The van der Waals surface area contributed by atoms with E-state index in [0.29, 0.717) is 31.2 Å². The lowest BCUT2D eigenvalue weighted by molar-refractivity contribution is -0.0473. The summed E-state index contributed by atoms with van der Waals surface area (Å²) in [6.07, 6.45) is 5.92. The summed E-state index contributed by atoms with van der Waals surface area (Å²) in [5, 5.41) is 10.1. The first-order chi connectivity index (χ1) is 13.7. The molecule has 6 heteroatoms. The maximum Gasteiger partial charge on any atom is 0.289 e. The number of carbonyl (C=O) groups excluding carboxylic acids is 1. The minimum atomic E-state index is -0.0432. The van der Waals surface area contributed by atoms with Gasteiger partial charge in [0.1, 0.15) is 5.75 Å². The quantitative estimate of drug-likeness (QED) is 0.828. The number of carbonyl (C=O) groups is 1. The molecule has 2 aliphatic rings. The normalized spacial score (nSPS) is 21.1. The standard InChI is InChI=1S/C22H28N2O4/c25-20-9-4-1-6-17(20)14-23-11-13-27-19(15-23)16-24(18-7-2-3-8-18)22(26)21-10-5-12-28-21/h1,4-6,9-10,12,18-19,25H,2-3,7-8,11,13-16H2/t19-/m0/s1. The fraction of sp³-hybridized carbons (Fsp3) is 0.500. The van der Waals surface area contributed by atoms with Crippen molar-refractivity contribution in [3.05, 3.63) is 54.0 Å². The fourth-order valence-electron chi connectivity index (χ4n) is 4.29. The van der Waals surface area contributed by atoms with Crippen LogP contribution in [0.2, 0.25) is 0 Å². The minimum Gasteiger partial charge on any atom is -0.508 e. The average Bonchev–Trinajstić information content (AvgIpc) is 3.42. The Bertz CT molecular complexity index is 771. The predicted molar refractivity (Wildman–Crippen MR) is 105 cm³/mol. The highest BCUT2D eigenvalue weighted by Gasteiger charge is 2.32. The summed E-state index contributed by atoms with van der Waals surface area (Å²) >= 11 is 0. The SMILES string of the molecule is O=C(c1ccco1)N(C[C@@H]1CN(Cc2ccccc2O)CCO1)C1CCCC1. The smallest absolute Gasteiger partial charge is 0.289 e. The van der Waals surface area contributed by atoms with Crippen molar-refractivity contribution in [2.75, 3.05) is 26.2 Å². The van der Waals surface area contributed by atoms with Gasteiger partial charge in [0.15, 0.2) is 5.76 Å². The highest BCUT2D eigenvalue weighted by Crippen LogP contribution is 2.26. The Morgan fingerprint density at radius 3 is 2.75 bits per heavy atom. The molecule has 0 radical (unpaired) electrons. The minimum absolute atomic E-state index is 0.0425. The van der Waals surface area contributed by atoms with Crippen molar-refractivity contribution < 1.29 is 19.1 Å². The lowest BCUT2D eigenvalue weighted by Crippen LogP contribution is -2.50. The van der Waals surface area contributed by atoms with Crippen molar-refractivity contribution in [3.63, 3.8) is 0 Å². The second-order valence-corrected chi connectivity index (χ2v) is 7.73. The Morgan fingerprint density at radius 2 is 2.00 bits per heavy atom. The zero-order valence-corrected chi connectivity index (χ0v) is 16.1. The largest absolute Gasteiger partial charge is 0.508 e. The van der Waals surface area contributed by atoms with E-state index in [1.54, 1.807) is 24.5 Å². The summed E-state index contributed by atoms with van der Waals surface area (Å²) in [6.45, 7) is 3.44. The number of phenols is 1. The highest BCUT2D eigenvalue weighted by molar-refractivity contribution is 5.91. The molecule has 4 rings (SSSR count). The van der Waals surface area contributed by atoms with Crippen molar-refractivity contribution >= 4 is 5.91 Å². The molecule has 0 spiro atoms. The van der Waals surface area contributed by atoms with Crippen LogP contribution in [0.1, 0.15) is 41.8 Å². The van der Waals surface area contributed by atoms with Gasteiger partial charge < -0.3 is 19.2 Å². The average molecular weight is 384 g/mol. The molecule has 1 saturated carbocycles. The summed E-state index contributed by atoms with van der Waals surface area (Å²) in [4.78, 5) is 17.3. The summed E-state index contributed by atoms with van der Waals surface area (Å²) in [7, 11) is 0. The Kier molecular flexibility index (Phi) is 5.98. The molecular weight excluding hydrogens is 356 g/mol. The number of nitrogens with zero attached hydrogens (tertiary/aromatic N) is 2. The van der Waals surface area contributed by atoms with Gasteiger partial charge in [0, 0.05) is 37.8 Å². The van der Waals surface area contributed by atoms with Gasteiger partial charge in [0.2, 0.25) is 0 Å². The van der Waals surface area contributed by atoms with Crippen LogP contribution in [0.25, 0.3) is 0 Å². The highest BCUT2D eigenvalue weighted by atomic mass is 16.5. The molecule has 2 heterocycles. The molecule has 28 heavy (non-hydrogen) atoms. The molecule has 1 aliphatic carbocycles. The molecule has 1 saturated heterocycles. The Hall–Kier alpha value is -2.31. The number of furan rings is 1. The zero-order chi connectivity index (χ0) is 19.3. The van der Waals surface area contributed by atoms with Gasteiger partial charge in [-0.15, -0.1) is 0 Å². The van der Waals surface area contributed by atoms with Crippen LogP contribution in [0.4, 0.5) is 0 Å². The van der Waals surface area contributed by atoms with E-state index in [-0.39, 0.29) is 18.1 Å². The van der Waals surface area contributed by atoms with Crippen LogP contribution >= 0.6 is 0 Å². The first-order valence-corrected chi connectivity index (χ1v) is 10.2. The molecule has 6 nitrogen and oxygen atoms in total. The number of aromatic hydroxyl groups is 1. The molecule has 1 aromatic carbocycles. The van der Waals surface area contributed by atoms with Crippen LogP contribution in [0, 0.1) is 0 Å². The molecular formula is C22H28N2O4. The van der Waals surface area contributed by atoms with E-state index in [0.717, 1.165) is 44.3 Å². The molecule has 1 amide bonds. The van der Waals surface area contributed by atoms with Crippen LogP contribution in [0.5, 0.6) is 5.75 Å².